The molecule has 2 aromatic rings. The topological polar surface area (TPSA) is 21.3 Å². The molecule has 2 aliphatic rings. The van der Waals surface area contributed by atoms with Crippen molar-refractivity contribution in [3.05, 3.63) is 65.2 Å². The molecule has 1 N–H and O–H groups in total. The van der Waals surface area contributed by atoms with Crippen LogP contribution in [0.25, 0.3) is 0 Å². The molecule has 0 aliphatic carbocycles. The summed E-state index contributed by atoms with van der Waals surface area (Å²) < 4.78 is 32.4. The molecular formula is C17H15F2NO. The number of ether oxygens (including phenoxy) is 1. The molecule has 0 spiro atoms. The van der Waals surface area contributed by atoms with E-state index in [0.717, 1.165) is 23.2 Å². The van der Waals surface area contributed by atoms with Gasteiger partial charge in [0.2, 0.25) is 0 Å². The summed E-state index contributed by atoms with van der Waals surface area (Å²) in [4.78, 5) is 0. The van der Waals surface area contributed by atoms with Gasteiger partial charge in [-0.25, -0.2) is 8.78 Å². The van der Waals surface area contributed by atoms with Crippen LogP contribution in [0.3, 0.4) is 0 Å². The van der Waals surface area contributed by atoms with Crippen LogP contribution in [0.1, 0.15) is 29.7 Å². The van der Waals surface area contributed by atoms with Crippen molar-refractivity contribution in [3.8, 4) is 0 Å². The summed E-state index contributed by atoms with van der Waals surface area (Å²) in [7, 11) is 0. The number of rotatable bonds is 1. The molecule has 2 aromatic carbocycles. The van der Waals surface area contributed by atoms with E-state index < -0.39 is 0 Å². The van der Waals surface area contributed by atoms with E-state index in [9.17, 15) is 8.78 Å². The second-order valence-electron chi connectivity index (χ2n) is 5.65. The summed E-state index contributed by atoms with van der Waals surface area (Å²) in [6.07, 6.45) is 0.822. The number of fused-ring (bicyclic) bond motifs is 3. The minimum atomic E-state index is -0.245. The van der Waals surface area contributed by atoms with Crippen molar-refractivity contribution in [2.75, 3.05) is 11.9 Å². The van der Waals surface area contributed by atoms with Gasteiger partial charge in [-0.2, -0.15) is 0 Å². The van der Waals surface area contributed by atoms with Crippen LogP contribution in [-0.4, -0.2) is 6.61 Å². The largest absolute Gasteiger partial charge is 0.378 e. The zero-order valence-corrected chi connectivity index (χ0v) is 11.4. The van der Waals surface area contributed by atoms with Crippen molar-refractivity contribution in [1.29, 1.82) is 0 Å². The normalized spacial score (nSPS) is 26.9. The highest BCUT2D eigenvalue weighted by atomic mass is 19.1. The molecule has 0 amide bonds. The zero-order valence-electron chi connectivity index (χ0n) is 11.4. The highest BCUT2D eigenvalue weighted by Gasteiger charge is 2.41. The van der Waals surface area contributed by atoms with Gasteiger partial charge in [0.15, 0.2) is 0 Å². The van der Waals surface area contributed by atoms with E-state index in [-0.39, 0.29) is 29.7 Å². The molecule has 0 unspecified atom stereocenters. The molecule has 0 bridgehead atoms. The van der Waals surface area contributed by atoms with Crippen LogP contribution < -0.4 is 5.32 Å². The molecule has 0 aromatic heterocycles. The maximum atomic E-state index is 13.5. The van der Waals surface area contributed by atoms with Crippen LogP contribution in [0.5, 0.6) is 0 Å². The Kier molecular flexibility index (Phi) is 2.93. The monoisotopic (exact) mass is 287 g/mol. The molecule has 21 heavy (non-hydrogen) atoms. The maximum absolute atomic E-state index is 13.5. The Morgan fingerprint density at radius 2 is 1.76 bits per heavy atom. The molecule has 4 rings (SSSR count). The molecular weight excluding hydrogens is 272 g/mol. The fourth-order valence-electron chi connectivity index (χ4n) is 3.44. The average molecular weight is 287 g/mol. The lowest BCUT2D eigenvalue weighted by Gasteiger charge is -2.36. The molecule has 4 heteroatoms. The number of hydrogen-bond donors (Lipinski definition) is 1. The molecule has 0 saturated carbocycles. The summed E-state index contributed by atoms with van der Waals surface area (Å²) >= 11 is 0. The lowest BCUT2D eigenvalue weighted by atomic mass is 9.81. The molecule has 3 atom stereocenters. The van der Waals surface area contributed by atoms with E-state index in [1.807, 2.05) is 0 Å². The van der Waals surface area contributed by atoms with E-state index in [0.29, 0.717) is 6.61 Å². The van der Waals surface area contributed by atoms with Crippen molar-refractivity contribution in [1.82, 2.24) is 0 Å². The quantitative estimate of drug-likeness (QED) is 0.848. The molecule has 1 saturated heterocycles. The lowest BCUT2D eigenvalue weighted by molar-refractivity contribution is 0.0826. The molecule has 108 valence electrons. The Labute approximate surface area is 121 Å². The van der Waals surface area contributed by atoms with E-state index in [2.05, 4.69) is 5.32 Å². The molecule has 2 heterocycles. The summed E-state index contributed by atoms with van der Waals surface area (Å²) in [6, 6.07) is 11.4. The summed E-state index contributed by atoms with van der Waals surface area (Å²) in [6.45, 7) is 0.671. The predicted octanol–water partition coefficient (Wildman–Crippen LogP) is 4.21. The van der Waals surface area contributed by atoms with E-state index in [1.54, 1.807) is 24.3 Å². The fraction of sp³-hybridized carbons (Fsp3) is 0.294. The van der Waals surface area contributed by atoms with Gasteiger partial charge in [-0.15, -0.1) is 0 Å². The van der Waals surface area contributed by atoms with Gasteiger partial charge in [-0.1, -0.05) is 12.1 Å². The Balaban J connectivity index is 1.77. The van der Waals surface area contributed by atoms with Gasteiger partial charge in [-0.05, 0) is 42.3 Å². The van der Waals surface area contributed by atoms with Crippen molar-refractivity contribution < 1.29 is 13.5 Å². The number of halogens is 2. The van der Waals surface area contributed by atoms with Crippen molar-refractivity contribution in [3.63, 3.8) is 0 Å². The van der Waals surface area contributed by atoms with E-state index >= 15 is 0 Å². The number of nitrogens with one attached hydrogen (secondary N) is 1. The van der Waals surface area contributed by atoms with Gasteiger partial charge in [-0.3, -0.25) is 0 Å². The highest BCUT2D eigenvalue weighted by molar-refractivity contribution is 5.57. The minimum Gasteiger partial charge on any atom is -0.378 e. The van der Waals surface area contributed by atoms with Gasteiger partial charge in [0.25, 0.3) is 0 Å². The number of hydrogen-bond acceptors (Lipinski definition) is 2. The van der Waals surface area contributed by atoms with Gasteiger partial charge in [0, 0.05) is 23.8 Å². The summed E-state index contributed by atoms with van der Waals surface area (Å²) in [5, 5.41) is 3.46. The van der Waals surface area contributed by atoms with Gasteiger partial charge >= 0.3 is 0 Å². The van der Waals surface area contributed by atoms with Crippen molar-refractivity contribution in [2.24, 2.45) is 5.92 Å². The van der Waals surface area contributed by atoms with Crippen molar-refractivity contribution in [2.45, 2.75) is 18.6 Å². The van der Waals surface area contributed by atoms with Gasteiger partial charge in [0.05, 0.1) is 12.1 Å². The number of benzene rings is 2. The lowest BCUT2D eigenvalue weighted by Crippen LogP contribution is -2.29. The van der Waals surface area contributed by atoms with Crippen LogP contribution in [0.4, 0.5) is 14.5 Å². The van der Waals surface area contributed by atoms with Crippen LogP contribution in [-0.2, 0) is 4.74 Å². The first-order chi connectivity index (χ1) is 10.2. The Morgan fingerprint density at radius 1 is 1.00 bits per heavy atom. The standard InChI is InChI=1S/C17H15F2NO/c18-11-3-1-10(2-4-11)16-13-7-8-21-17(13)14-9-12(19)5-6-15(14)20-16/h1-6,9,13,16-17,20H,7-8H2/t13-,16+,17-/m1/s1. The first kappa shape index (κ1) is 12.8. The number of anilines is 1. The predicted molar refractivity (Wildman–Crippen MR) is 76.0 cm³/mol. The Hall–Kier alpha value is -1.94. The first-order valence-corrected chi connectivity index (χ1v) is 7.15. The zero-order chi connectivity index (χ0) is 14.4. The van der Waals surface area contributed by atoms with Crippen LogP contribution >= 0.6 is 0 Å². The molecule has 0 radical (unpaired) electrons. The van der Waals surface area contributed by atoms with Gasteiger partial charge in [0.1, 0.15) is 11.6 Å². The first-order valence-electron chi connectivity index (χ1n) is 7.15. The minimum absolute atomic E-state index is 0.0658. The van der Waals surface area contributed by atoms with E-state index in [4.69, 9.17) is 4.74 Å². The van der Waals surface area contributed by atoms with Crippen molar-refractivity contribution >= 4 is 5.69 Å². The third-order valence-corrected chi connectivity index (χ3v) is 4.43. The maximum Gasteiger partial charge on any atom is 0.123 e. The SMILES string of the molecule is Fc1ccc([C@@H]2Nc3ccc(F)cc3[C@@H]3OCC[C@H]23)cc1. The van der Waals surface area contributed by atoms with E-state index in [1.165, 1.54) is 18.2 Å². The van der Waals surface area contributed by atoms with Gasteiger partial charge < -0.3 is 10.1 Å². The Morgan fingerprint density at radius 3 is 2.57 bits per heavy atom. The fourth-order valence-corrected chi connectivity index (χ4v) is 3.44. The van der Waals surface area contributed by atoms with Crippen LogP contribution in [0.2, 0.25) is 0 Å². The molecule has 1 fully saturated rings. The molecule has 2 nitrogen and oxygen atoms in total. The highest BCUT2D eigenvalue weighted by Crippen LogP contribution is 2.49. The summed E-state index contributed by atoms with van der Waals surface area (Å²) in [5.74, 6) is -0.244. The smallest absolute Gasteiger partial charge is 0.123 e. The Bertz CT molecular complexity index is 671. The van der Waals surface area contributed by atoms with Crippen LogP contribution in [0.15, 0.2) is 42.5 Å². The molecule has 2 aliphatic heterocycles. The second-order valence-corrected chi connectivity index (χ2v) is 5.65. The van der Waals surface area contributed by atoms with Crippen LogP contribution in [0, 0.1) is 17.6 Å². The summed E-state index contributed by atoms with van der Waals surface area (Å²) in [5.41, 5.74) is 2.82. The average Bonchev–Trinajstić information content (AvgIpc) is 2.97. The third kappa shape index (κ3) is 2.10. The third-order valence-electron chi connectivity index (χ3n) is 4.43. The second kappa shape index (κ2) is 4.81.